The molecule has 5 nitrogen and oxygen atoms in total. The Morgan fingerprint density at radius 2 is 2.11 bits per heavy atom. The van der Waals surface area contributed by atoms with Crippen molar-refractivity contribution in [3.63, 3.8) is 0 Å². The van der Waals surface area contributed by atoms with Crippen molar-refractivity contribution in [2.45, 2.75) is 6.92 Å². The fraction of sp³-hybridized carbons (Fsp3) is 0.167. The number of methoxy groups -OCH3 is 1. The predicted molar refractivity (Wildman–Crippen MR) is 67.4 cm³/mol. The zero-order valence-electron chi connectivity index (χ0n) is 10.1. The van der Waals surface area contributed by atoms with Crippen LogP contribution in [0.25, 0.3) is 0 Å². The molecule has 94 valence electrons. The van der Waals surface area contributed by atoms with Gasteiger partial charge in [-0.15, -0.1) is 0 Å². The monoisotopic (exact) mass is 248 g/mol. The van der Waals surface area contributed by atoms with Gasteiger partial charge in [0.2, 0.25) is 5.88 Å². The molecule has 6 heteroatoms. The first-order valence-corrected chi connectivity index (χ1v) is 5.30. The second kappa shape index (κ2) is 4.87. The minimum atomic E-state index is -0.338. The zero-order valence-corrected chi connectivity index (χ0v) is 10.1. The van der Waals surface area contributed by atoms with Crippen molar-refractivity contribution in [2.24, 2.45) is 0 Å². The summed E-state index contributed by atoms with van der Waals surface area (Å²) in [6.45, 7) is 1.68. The number of hydrogen-bond acceptors (Lipinski definition) is 5. The maximum Gasteiger partial charge on any atom is 0.242 e. The van der Waals surface area contributed by atoms with Gasteiger partial charge >= 0.3 is 0 Å². The first kappa shape index (κ1) is 12.1. The minimum Gasteiger partial charge on any atom is -0.479 e. The van der Waals surface area contributed by atoms with Crippen LogP contribution in [0.4, 0.5) is 21.6 Å². The lowest BCUT2D eigenvalue weighted by Gasteiger charge is -2.11. The number of nitrogens with zero attached hydrogens (tertiary/aromatic N) is 2. The maximum atomic E-state index is 13.8. The van der Waals surface area contributed by atoms with Gasteiger partial charge in [0.15, 0.2) is 5.82 Å². The van der Waals surface area contributed by atoms with Gasteiger partial charge in [0.25, 0.3) is 0 Å². The number of nitrogens with one attached hydrogen (secondary N) is 1. The minimum absolute atomic E-state index is 0.237. The molecule has 0 amide bonds. The highest BCUT2D eigenvalue weighted by molar-refractivity contribution is 5.72. The van der Waals surface area contributed by atoms with Gasteiger partial charge in [-0.05, 0) is 18.6 Å². The summed E-state index contributed by atoms with van der Waals surface area (Å²) >= 11 is 0. The summed E-state index contributed by atoms with van der Waals surface area (Å²) < 4.78 is 18.8. The van der Waals surface area contributed by atoms with E-state index in [2.05, 4.69) is 15.3 Å². The summed E-state index contributed by atoms with van der Waals surface area (Å²) in [4.78, 5) is 7.81. The molecule has 0 radical (unpaired) electrons. The molecular formula is C12H13FN4O. The van der Waals surface area contributed by atoms with Crippen molar-refractivity contribution in [1.29, 1.82) is 0 Å². The first-order chi connectivity index (χ1) is 8.63. The van der Waals surface area contributed by atoms with Crippen molar-refractivity contribution in [3.8, 4) is 5.88 Å². The quantitative estimate of drug-likeness (QED) is 0.871. The molecule has 1 heterocycles. The lowest BCUT2D eigenvalue weighted by Crippen LogP contribution is -2.04. The standard InChI is InChI=1S/C12H13FN4O/c1-7-4-3-5-8(9(7)13)17-11-10(14)12(18-2)16-6-15-11/h3-6H,14H2,1-2H3,(H,15,16,17). The molecule has 0 aliphatic carbocycles. The van der Waals surface area contributed by atoms with Crippen LogP contribution in [0.15, 0.2) is 24.5 Å². The molecule has 0 spiro atoms. The molecule has 0 aliphatic rings. The molecule has 0 aliphatic heterocycles. The SMILES string of the molecule is COc1ncnc(Nc2cccc(C)c2F)c1N. The maximum absolute atomic E-state index is 13.8. The van der Waals surface area contributed by atoms with E-state index in [9.17, 15) is 4.39 Å². The number of anilines is 3. The van der Waals surface area contributed by atoms with Crippen molar-refractivity contribution >= 4 is 17.2 Å². The molecule has 1 aromatic carbocycles. The van der Waals surface area contributed by atoms with E-state index >= 15 is 0 Å². The molecule has 3 N–H and O–H groups in total. The second-order valence-corrected chi connectivity index (χ2v) is 3.71. The van der Waals surface area contributed by atoms with Gasteiger partial charge < -0.3 is 15.8 Å². The summed E-state index contributed by atoms with van der Waals surface area (Å²) in [7, 11) is 1.45. The Morgan fingerprint density at radius 1 is 1.33 bits per heavy atom. The average Bonchev–Trinajstić information content (AvgIpc) is 2.37. The Bertz CT molecular complexity index is 574. The molecular weight excluding hydrogens is 235 g/mol. The summed E-state index contributed by atoms with van der Waals surface area (Å²) in [5.74, 6) is 0.224. The van der Waals surface area contributed by atoms with Crippen LogP contribution in [0.3, 0.4) is 0 Å². The number of aromatic nitrogens is 2. The number of hydrogen-bond donors (Lipinski definition) is 2. The Balaban J connectivity index is 2.37. The number of nitrogen functional groups attached to an aromatic ring is 1. The normalized spacial score (nSPS) is 10.2. The highest BCUT2D eigenvalue weighted by atomic mass is 19.1. The number of halogens is 1. The van der Waals surface area contributed by atoms with Crippen LogP contribution in [-0.4, -0.2) is 17.1 Å². The van der Waals surface area contributed by atoms with E-state index in [1.165, 1.54) is 13.4 Å². The van der Waals surface area contributed by atoms with E-state index in [0.717, 1.165) is 0 Å². The van der Waals surface area contributed by atoms with Crippen molar-refractivity contribution < 1.29 is 9.13 Å². The van der Waals surface area contributed by atoms with Crippen LogP contribution in [0.1, 0.15) is 5.56 Å². The fourth-order valence-electron chi connectivity index (χ4n) is 1.51. The fourth-order valence-corrected chi connectivity index (χ4v) is 1.51. The van der Waals surface area contributed by atoms with Crippen molar-refractivity contribution in [2.75, 3.05) is 18.2 Å². The van der Waals surface area contributed by atoms with E-state index in [1.54, 1.807) is 25.1 Å². The number of rotatable bonds is 3. The smallest absolute Gasteiger partial charge is 0.242 e. The molecule has 0 saturated carbocycles. The van der Waals surface area contributed by atoms with E-state index < -0.39 is 0 Å². The van der Waals surface area contributed by atoms with E-state index in [1.807, 2.05) is 0 Å². The number of aryl methyl sites for hydroxylation is 1. The average molecular weight is 248 g/mol. The van der Waals surface area contributed by atoms with Crippen molar-refractivity contribution in [1.82, 2.24) is 9.97 Å². The zero-order chi connectivity index (χ0) is 13.1. The molecule has 1 aromatic heterocycles. The Labute approximate surface area is 104 Å². The van der Waals surface area contributed by atoms with Gasteiger partial charge in [0.05, 0.1) is 12.8 Å². The highest BCUT2D eigenvalue weighted by Gasteiger charge is 2.11. The van der Waals surface area contributed by atoms with Crippen LogP contribution in [-0.2, 0) is 0 Å². The molecule has 0 saturated heterocycles. The predicted octanol–water partition coefficient (Wildman–Crippen LogP) is 2.26. The summed E-state index contributed by atoms with van der Waals surface area (Å²) in [6.07, 6.45) is 1.30. The topological polar surface area (TPSA) is 73.1 Å². The van der Waals surface area contributed by atoms with Gasteiger partial charge in [-0.25, -0.2) is 9.37 Å². The molecule has 0 unspecified atom stereocenters. The van der Waals surface area contributed by atoms with Gasteiger partial charge in [0, 0.05) is 0 Å². The van der Waals surface area contributed by atoms with Gasteiger partial charge in [-0.2, -0.15) is 4.98 Å². The lowest BCUT2D eigenvalue weighted by molar-refractivity contribution is 0.399. The third-order valence-electron chi connectivity index (χ3n) is 2.49. The Morgan fingerprint density at radius 3 is 2.83 bits per heavy atom. The molecule has 0 atom stereocenters. The highest BCUT2D eigenvalue weighted by Crippen LogP contribution is 2.28. The van der Waals surface area contributed by atoms with Crippen LogP contribution < -0.4 is 15.8 Å². The van der Waals surface area contributed by atoms with Crippen LogP contribution in [0.2, 0.25) is 0 Å². The van der Waals surface area contributed by atoms with Gasteiger partial charge in [-0.1, -0.05) is 12.1 Å². The van der Waals surface area contributed by atoms with Gasteiger partial charge in [-0.3, -0.25) is 0 Å². The van der Waals surface area contributed by atoms with Crippen LogP contribution in [0, 0.1) is 12.7 Å². The van der Waals surface area contributed by atoms with E-state index in [0.29, 0.717) is 17.1 Å². The van der Waals surface area contributed by atoms with Gasteiger partial charge in [0.1, 0.15) is 17.8 Å². The lowest BCUT2D eigenvalue weighted by atomic mass is 10.2. The summed E-state index contributed by atoms with van der Waals surface area (Å²) in [5.41, 5.74) is 6.88. The van der Waals surface area contributed by atoms with Crippen LogP contribution in [0.5, 0.6) is 5.88 Å². The number of ether oxygens (including phenoxy) is 1. The van der Waals surface area contributed by atoms with Crippen LogP contribution >= 0.6 is 0 Å². The molecule has 2 aromatic rings. The number of nitrogens with two attached hydrogens (primary N) is 1. The molecule has 18 heavy (non-hydrogen) atoms. The molecule has 0 fully saturated rings. The largest absolute Gasteiger partial charge is 0.479 e. The number of benzene rings is 1. The Hall–Kier alpha value is -2.37. The third-order valence-corrected chi connectivity index (χ3v) is 2.49. The molecule has 0 bridgehead atoms. The first-order valence-electron chi connectivity index (χ1n) is 5.30. The van der Waals surface area contributed by atoms with E-state index in [4.69, 9.17) is 10.5 Å². The van der Waals surface area contributed by atoms with E-state index in [-0.39, 0.29) is 17.4 Å². The Kier molecular flexibility index (Phi) is 3.27. The molecule has 2 rings (SSSR count). The third kappa shape index (κ3) is 2.17. The summed E-state index contributed by atoms with van der Waals surface area (Å²) in [5, 5.41) is 2.82. The second-order valence-electron chi connectivity index (χ2n) is 3.71. The van der Waals surface area contributed by atoms with Crippen molar-refractivity contribution in [3.05, 3.63) is 35.9 Å². The summed E-state index contributed by atoms with van der Waals surface area (Å²) in [6, 6.07) is 5.04.